The van der Waals surface area contributed by atoms with Gasteiger partial charge in [-0.3, -0.25) is 4.79 Å². The topological polar surface area (TPSA) is 95.6 Å². The summed E-state index contributed by atoms with van der Waals surface area (Å²) >= 11 is 0. The number of carbonyl (C=O) groups excluding carboxylic acids is 1. The molecule has 0 saturated carbocycles. The highest BCUT2D eigenvalue weighted by Crippen LogP contribution is 2.19. The third kappa shape index (κ3) is 4.92. The van der Waals surface area contributed by atoms with Crippen molar-refractivity contribution in [3.63, 3.8) is 0 Å². The Labute approximate surface area is 90.0 Å². The second-order valence-electron chi connectivity index (χ2n) is 3.46. The second kappa shape index (κ2) is 7.39. The number of carbonyl (C=O) groups is 1. The molecule has 0 unspecified atom stereocenters. The van der Waals surface area contributed by atoms with Gasteiger partial charge in [-0.1, -0.05) is 6.58 Å². The number of aliphatic hydroxyl groups is 2. The summed E-state index contributed by atoms with van der Waals surface area (Å²) in [7, 11) is 0. The van der Waals surface area contributed by atoms with Crippen molar-refractivity contribution in [1.82, 2.24) is 5.32 Å². The van der Waals surface area contributed by atoms with Crippen LogP contribution in [0.25, 0.3) is 0 Å². The summed E-state index contributed by atoms with van der Waals surface area (Å²) in [6.07, 6.45) is 2.45. The van der Waals surface area contributed by atoms with Crippen molar-refractivity contribution in [1.29, 1.82) is 0 Å². The molecule has 0 aromatic rings. The molecule has 5 nitrogen and oxygen atoms in total. The fraction of sp³-hybridized carbons (Fsp3) is 0.700. The van der Waals surface area contributed by atoms with E-state index in [1.54, 1.807) is 0 Å². The van der Waals surface area contributed by atoms with E-state index in [9.17, 15) is 4.79 Å². The summed E-state index contributed by atoms with van der Waals surface area (Å²) in [5.41, 5.74) is 4.83. The van der Waals surface area contributed by atoms with Crippen molar-refractivity contribution < 1.29 is 15.0 Å². The zero-order valence-electron chi connectivity index (χ0n) is 8.91. The van der Waals surface area contributed by atoms with Gasteiger partial charge in [0, 0.05) is 18.8 Å². The summed E-state index contributed by atoms with van der Waals surface area (Å²) in [6.45, 7) is 3.63. The number of nitrogens with one attached hydrogen (secondary N) is 1. The van der Waals surface area contributed by atoms with Gasteiger partial charge in [-0.25, -0.2) is 0 Å². The van der Waals surface area contributed by atoms with E-state index >= 15 is 0 Å². The molecular formula is C10H20N2O3. The van der Waals surface area contributed by atoms with E-state index in [0.717, 1.165) is 0 Å². The first-order chi connectivity index (χ1) is 7.14. The van der Waals surface area contributed by atoms with Crippen molar-refractivity contribution in [3.8, 4) is 0 Å². The predicted molar refractivity (Wildman–Crippen MR) is 58.1 cm³/mol. The number of hydrogen-bond acceptors (Lipinski definition) is 4. The number of hydrogen-bond donors (Lipinski definition) is 4. The Bertz CT molecular complexity index is 190. The molecule has 88 valence electrons. The van der Waals surface area contributed by atoms with E-state index < -0.39 is 5.54 Å². The normalized spacial score (nSPS) is 11.1. The quantitative estimate of drug-likeness (QED) is 0.397. The maximum Gasteiger partial charge on any atom is 0.243 e. The lowest BCUT2D eigenvalue weighted by Crippen LogP contribution is -2.50. The average molecular weight is 216 g/mol. The molecule has 0 saturated heterocycles. The second-order valence-corrected chi connectivity index (χ2v) is 3.46. The summed E-state index contributed by atoms with van der Waals surface area (Å²) < 4.78 is 0. The molecule has 15 heavy (non-hydrogen) atoms. The van der Waals surface area contributed by atoms with Crippen LogP contribution in [0.3, 0.4) is 0 Å². The molecule has 5 heteroatoms. The van der Waals surface area contributed by atoms with Crippen LogP contribution in [0.2, 0.25) is 0 Å². The van der Waals surface area contributed by atoms with Gasteiger partial charge in [0.15, 0.2) is 0 Å². The zero-order chi connectivity index (χ0) is 11.7. The smallest absolute Gasteiger partial charge is 0.243 e. The Morgan fingerprint density at radius 3 is 2.20 bits per heavy atom. The van der Waals surface area contributed by atoms with Gasteiger partial charge in [-0.05, 0) is 31.9 Å². The van der Waals surface area contributed by atoms with Crippen molar-refractivity contribution in [2.75, 3.05) is 19.8 Å². The summed E-state index contributed by atoms with van der Waals surface area (Å²) in [5, 5.41) is 20.6. The molecule has 1 amide bonds. The van der Waals surface area contributed by atoms with Crippen LogP contribution in [0.5, 0.6) is 0 Å². The molecule has 0 rings (SSSR count). The standard InChI is InChI=1S/C10H20N2O3/c1-2-9(15)12-10(3-6-11,4-7-13)5-8-14/h2,13-14H,1,3-8,11H2,(H,12,15). The maximum absolute atomic E-state index is 11.2. The highest BCUT2D eigenvalue weighted by atomic mass is 16.3. The Hall–Kier alpha value is -0.910. The molecular weight excluding hydrogens is 196 g/mol. The third-order valence-corrected chi connectivity index (χ3v) is 2.38. The Morgan fingerprint density at radius 2 is 1.87 bits per heavy atom. The largest absolute Gasteiger partial charge is 0.396 e. The van der Waals surface area contributed by atoms with E-state index in [2.05, 4.69) is 11.9 Å². The molecule has 0 bridgehead atoms. The number of nitrogens with two attached hydrogens (primary N) is 1. The number of rotatable bonds is 8. The first-order valence-corrected chi connectivity index (χ1v) is 5.00. The average Bonchev–Trinajstić information content (AvgIpc) is 2.18. The van der Waals surface area contributed by atoms with Gasteiger partial charge in [0.2, 0.25) is 5.91 Å². The van der Waals surface area contributed by atoms with Crippen LogP contribution >= 0.6 is 0 Å². The van der Waals surface area contributed by atoms with Crippen LogP contribution in [-0.2, 0) is 4.79 Å². The van der Waals surface area contributed by atoms with E-state index in [1.807, 2.05) is 0 Å². The molecule has 5 N–H and O–H groups in total. The van der Waals surface area contributed by atoms with Gasteiger partial charge >= 0.3 is 0 Å². The van der Waals surface area contributed by atoms with Crippen LogP contribution in [0.1, 0.15) is 19.3 Å². The van der Waals surface area contributed by atoms with E-state index in [1.165, 1.54) is 6.08 Å². The molecule has 0 atom stereocenters. The van der Waals surface area contributed by atoms with Gasteiger partial charge in [0.1, 0.15) is 0 Å². The molecule has 0 fully saturated rings. The van der Waals surface area contributed by atoms with E-state index in [4.69, 9.17) is 15.9 Å². The van der Waals surface area contributed by atoms with Crippen molar-refractivity contribution in [2.24, 2.45) is 5.73 Å². The molecule has 0 aromatic heterocycles. The lowest BCUT2D eigenvalue weighted by molar-refractivity contribution is -0.118. The van der Waals surface area contributed by atoms with Crippen LogP contribution in [0, 0.1) is 0 Å². The Kier molecular flexibility index (Phi) is 6.94. The minimum Gasteiger partial charge on any atom is -0.396 e. The Morgan fingerprint density at radius 1 is 1.33 bits per heavy atom. The first kappa shape index (κ1) is 14.1. The van der Waals surface area contributed by atoms with E-state index in [-0.39, 0.29) is 19.1 Å². The van der Waals surface area contributed by atoms with Gasteiger partial charge in [0.25, 0.3) is 0 Å². The monoisotopic (exact) mass is 216 g/mol. The molecule has 0 spiro atoms. The van der Waals surface area contributed by atoms with Gasteiger partial charge < -0.3 is 21.3 Å². The fourth-order valence-electron chi connectivity index (χ4n) is 1.58. The SMILES string of the molecule is C=CC(=O)NC(CCN)(CCO)CCO. The predicted octanol–water partition coefficient (Wildman–Crippen LogP) is -0.859. The number of aliphatic hydroxyl groups excluding tert-OH is 2. The van der Waals surface area contributed by atoms with Crippen molar-refractivity contribution in [2.45, 2.75) is 24.8 Å². The summed E-state index contributed by atoms with van der Waals surface area (Å²) in [5.74, 6) is -0.314. The van der Waals surface area contributed by atoms with Crippen LogP contribution in [0.15, 0.2) is 12.7 Å². The minimum atomic E-state index is -0.622. The first-order valence-electron chi connectivity index (χ1n) is 5.00. The summed E-state index contributed by atoms with van der Waals surface area (Å²) in [4.78, 5) is 11.2. The molecule has 0 aromatic carbocycles. The van der Waals surface area contributed by atoms with E-state index in [0.29, 0.717) is 25.8 Å². The highest BCUT2D eigenvalue weighted by Gasteiger charge is 2.29. The van der Waals surface area contributed by atoms with Crippen molar-refractivity contribution in [3.05, 3.63) is 12.7 Å². The van der Waals surface area contributed by atoms with Crippen molar-refractivity contribution >= 4 is 5.91 Å². The molecule has 0 aliphatic carbocycles. The highest BCUT2D eigenvalue weighted by molar-refractivity contribution is 5.87. The Balaban J connectivity index is 4.58. The molecule has 0 radical (unpaired) electrons. The van der Waals surface area contributed by atoms with Crippen LogP contribution < -0.4 is 11.1 Å². The molecule has 0 aliphatic rings. The third-order valence-electron chi connectivity index (χ3n) is 2.38. The fourth-order valence-corrected chi connectivity index (χ4v) is 1.58. The maximum atomic E-state index is 11.2. The van der Waals surface area contributed by atoms with Crippen LogP contribution in [-0.4, -0.2) is 41.4 Å². The molecule has 0 heterocycles. The number of amides is 1. The van der Waals surface area contributed by atoms with Crippen LogP contribution in [0.4, 0.5) is 0 Å². The van der Waals surface area contributed by atoms with Gasteiger partial charge in [0.05, 0.1) is 0 Å². The lowest BCUT2D eigenvalue weighted by atomic mass is 9.88. The minimum absolute atomic E-state index is 0.0581. The molecule has 0 aliphatic heterocycles. The van der Waals surface area contributed by atoms with Gasteiger partial charge in [-0.15, -0.1) is 0 Å². The zero-order valence-corrected chi connectivity index (χ0v) is 8.91. The van der Waals surface area contributed by atoms with Gasteiger partial charge in [-0.2, -0.15) is 0 Å². The lowest BCUT2D eigenvalue weighted by Gasteiger charge is -2.33. The summed E-state index contributed by atoms with van der Waals surface area (Å²) in [6, 6.07) is 0.